The first-order chi connectivity index (χ1) is 13.6. The molecule has 152 valence electrons. The van der Waals surface area contributed by atoms with Gasteiger partial charge in [-0.05, 0) is 24.3 Å². The van der Waals surface area contributed by atoms with Crippen molar-refractivity contribution in [2.24, 2.45) is 0 Å². The molecule has 0 saturated heterocycles. The summed E-state index contributed by atoms with van der Waals surface area (Å²) < 4.78 is 68.7. The van der Waals surface area contributed by atoms with Gasteiger partial charge in [0, 0.05) is 24.3 Å². The molecule has 13 heteroatoms. The Kier molecular flexibility index (Phi) is 5.24. The lowest BCUT2D eigenvalue weighted by Crippen LogP contribution is -2.21. The molecule has 2 aromatic heterocycles. The van der Waals surface area contributed by atoms with Crippen molar-refractivity contribution in [3.05, 3.63) is 54.6 Å². The maximum atomic E-state index is 13.5. The SMILES string of the molecule is CS(=O)(=O)c1cccc(NC(=O)Oc2cnn(-c3ncccn3)c2C(F)(F)F)c1. The van der Waals surface area contributed by atoms with E-state index in [-0.39, 0.29) is 16.5 Å². The summed E-state index contributed by atoms with van der Waals surface area (Å²) in [6, 6.07) is 6.56. The molecule has 0 aliphatic rings. The third kappa shape index (κ3) is 4.68. The molecule has 1 amide bonds. The summed E-state index contributed by atoms with van der Waals surface area (Å²) in [5.41, 5.74) is -1.37. The van der Waals surface area contributed by atoms with E-state index in [4.69, 9.17) is 4.74 Å². The Morgan fingerprint density at radius 2 is 1.86 bits per heavy atom. The van der Waals surface area contributed by atoms with Gasteiger partial charge in [0.2, 0.25) is 0 Å². The number of amides is 1. The van der Waals surface area contributed by atoms with Crippen molar-refractivity contribution in [2.45, 2.75) is 11.1 Å². The fourth-order valence-electron chi connectivity index (χ4n) is 2.27. The molecule has 29 heavy (non-hydrogen) atoms. The van der Waals surface area contributed by atoms with E-state index in [2.05, 4.69) is 20.4 Å². The summed E-state index contributed by atoms with van der Waals surface area (Å²) in [4.78, 5) is 19.4. The highest BCUT2D eigenvalue weighted by atomic mass is 32.2. The number of halogens is 3. The second-order valence-corrected chi connectivity index (χ2v) is 7.65. The van der Waals surface area contributed by atoms with E-state index in [0.29, 0.717) is 10.9 Å². The monoisotopic (exact) mass is 427 g/mol. The van der Waals surface area contributed by atoms with Gasteiger partial charge in [-0.3, -0.25) is 5.32 Å². The van der Waals surface area contributed by atoms with Crippen LogP contribution in [0.3, 0.4) is 0 Å². The molecular weight excluding hydrogens is 415 g/mol. The molecule has 0 aliphatic heterocycles. The van der Waals surface area contributed by atoms with Crippen LogP contribution in [0.1, 0.15) is 5.69 Å². The molecule has 0 unspecified atom stereocenters. The van der Waals surface area contributed by atoms with Crippen LogP contribution in [0.15, 0.2) is 53.8 Å². The average Bonchev–Trinajstić information content (AvgIpc) is 3.06. The number of aromatic nitrogens is 4. The van der Waals surface area contributed by atoms with Gasteiger partial charge in [-0.1, -0.05) is 6.07 Å². The molecule has 0 fully saturated rings. The van der Waals surface area contributed by atoms with E-state index in [1.165, 1.54) is 36.7 Å². The van der Waals surface area contributed by atoms with Gasteiger partial charge in [0.1, 0.15) is 0 Å². The lowest BCUT2D eigenvalue weighted by molar-refractivity contribution is -0.143. The first-order valence-electron chi connectivity index (χ1n) is 7.77. The van der Waals surface area contributed by atoms with Crippen LogP contribution in [0.25, 0.3) is 5.95 Å². The first-order valence-corrected chi connectivity index (χ1v) is 9.66. The van der Waals surface area contributed by atoms with E-state index in [0.717, 1.165) is 12.3 Å². The highest BCUT2D eigenvalue weighted by Gasteiger charge is 2.41. The van der Waals surface area contributed by atoms with E-state index in [1.807, 2.05) is 0 Å². The lowest BCUT2D eigenvalue weighted by Gasteiger charge is -2.12. The van der Waals surface area contributed by atoms with Gasteiger partial charge in [-0.25, -0.2) is 23.2 Å². The van der Waals surface area contributed by atoms with E-state index >= 15 is 0 Å². The zero-order valence-corrected chi connectivity index (χ0v) is 15.4. The minimum absolute atomic E-state index is 0.0188. The molecule has 3 aromatic rings. The number of nitrogens with zero attached hydrogens (tertiary/aromatic N) is 4. The second kappa shape index (κ2) is 7.50. The molecule has 9 nitrogen and oxygen atoms in total. The Balaban J connectivity index is 1.87. The number of alkyl halides is 3. The summed E-state index contributed by atoms with van der Waals surface area (Å²) >= 11 is 0. The van der Waals surface area contributed by atoms with Gasteiger partial charge < -0.3 is 4.74 Å². The largest absolute Gasteiger partial charge is 0.437 e. The molecule has 2 heterocycles. The number of hydrogen-bond donors (Lipinski definition) is 1. The Labute approximate surface area is 162 Å². The fourth-order valence-corrected chi connectivity index (χ4v) is 2.93. The van der Waals surface area contributed by atoms with Gasteiger partial charge in [-0.2, -0.15) is 23.0 Å². The maximum Gasteiger partial charge on any atom is 0.437 e. The van der Waals surface area contributed by atoms with Gasteiger partial charge >= 0.3 is 12.3 Å². The van der Waals surface area contributed by atoms with Crippen LogP contribution < -0.4 is 10.1 Å². The van der Waals surface area contributed by atoms with Crippen molar-refractivity contribution in [1.82, 2.24) is 19.7 Å². The van der Waals surface area contributed by atoms with Crippen LogP contribution in [0.4, 0.5) is 23.7 Å². The Bertz CT molecular complexity index is 1150. The second-order valence-electron chi connectivity index (χ2n) is 5.63. The number of nitrogens with one attached hydrogen (secondary N) is 1. The topological polar surface area (TPSA) is 116 Å². The number of sulfone groups is 1. The minimum atomic E-state index is -4.93. The number of ether oxygens (including phenoxy) is 1. The summed E-state index contributed by atoms with van der Waals surface area (Å²) in [6.45, 7) is 0. The van der Waals surface area contributed by atoms with Gasteiger partial charge in [-0.15, -0.1) is 0 Å². The third-order valence-corrected chi connectivity index (χ3v) is 4.57. The summed E-state index contributed by atoms with van der Waals surface area (Å²) in [6.07, 6.45) is -2.07. The molecule has 3 rings (SSSR count). The van der Waals surface area contributed by atoms with Crippen LogP contribution in [-0.2, 0) is 16.0 Å². The predicted octanol–water partition coefficient (Wildman–Crippen LogP) is 2.70. The van der Waals surface area contributed by atoms with Crippen molar-refractivity contribution >= 4 is 21.6 Å². The lowest BCUT2D eigenvalue weighted by atomic mass is 10.3. The zero-order chi connectivity index (χ0) is 21.2. The molecule has 0 atom stereocenters. The standard InChI is InChI=1S/C16H12F3N5O4S/c1-29(26,27)11-5-2-4-10(8-11)23-15(25)28-12-9-22-24(13(12)16(17,18)19)14-20-6-3-7-21-14/h2-9H,1H3,(H,23,25). The minimum Gasteiger partial charge on any atom is -0.406 e. The number of benzene rings is 1. The third-order valence-electron chi connectivity index (χ3n) is 3.46. The number of hydrogen-bond acceptors (Lipinski definition) is 7. The predicted molar refractivity (Wildman–Crippen MR) is 93.4 cm³/mol. The average molecular weight is 427 g/mol. The molecule has 0 bridgehead atoms. The zero-order valence-electron chi connectivity index (χ0n) is 14.6. The van der Waals surface area contributed by atoms with E-state index in [1.54, 1.807) is 0 Å². The van der Waals surface area contributed by atoms with Crippen molar-refractivity contribution in [2.75, 3.05) is 11.6 Å². The molecule has 0 spiro atoms. The van der Waals surface area contributed by atoms with Crippen LogP contribution in [0.2, 0.25) is 0 Å². The number of anilines is 1. The fraction of sp³-hybridized carbons (Fsp3) is 0.125. The van der Waals surface area contributed by atoms with Crippen molar-refractivity contribution in [3.8, 4) is 11.7 Å². The highest BCUT2D eigenvalue weighted by Crippen LogP contribution is 2.37. The maximum absolute atomic E-state index is 13.5. The summed E-state index contributed by atoms with van der Waals surface area (Å²) in [7, 11) is -3.54. The van der Waals surface area contributed by atoms with Crippen LogP contribution >= 0.6 is 0 Å². The Morgan fingerprint density at radius 3 is 2.48 bits per heavy atom. The Morgan fingerprint density at radius 1 is 1.17 bits per heavy atom. The quantitative estimate of drug-likeness (QED) is 0.680. The molecule has 1 aromatic carbocycles. The normalized spacial score (nSPS) is 11.9. The summed E-state index contributed by atoms with van der Waals surface area (Å²) in [5.74, 6) is -1.24. The van der Waals surface area contributed by atoms with Crippen molar-refractivity contribution in [3.63, 3.8) is 0 Å². The van der Waals surface area contributed by atoms with E-state index in [9.17, 15) is 26.4 Å². The smallest absolute Gasteiger partial charge is 0.406 e. The number of rotatable bonds is 4. The summed E-state index contributed by atoms with van der Waals surface area (Å²) in [5, 5.41) is 5.72. The van der Waals surface area contributed by atoms with Crippen molar-refractivity contribution < 1.29 is 31.1 Å². The molecule has 0 aliphatic carbocycles. The Hall–Kier alpha value is -3.48. The number of carbonyl (C=O) groups is 1. The molecule has 1 N–H and O–H groups in total. The number of carbonyl (C=O) groups excluding carboxylic acids is 1. The molecule has 0 saturated carbocycles. The van der Waals surface area contributed by atoms with Gasteiger partial charge in [0.25, 0.3) is 5.95 Å². The van der Waals surface area contributed by atoms with Crippen LogP contribution in [0, 0.1) is 0 Å². The first kappa shape index (κ1) is 20.3. The van der Waals surface area contributed by atoms with Gasteiger partial charge in [0.05, 0.1) is 11.1 Å². The van der Waals surface area contributed by atoms with Crippen LogP contribution in [0.5, 0.6) is 5.75 Å². The molecular formula is C16H12F3N5O4S. The van der Waals surface area contributed by atoms with E-state index < -0.39 is 33.6 Å². The molecule has 0 radical (unpaired) electrons. The van der Waals surface area contributed by atoms with Crippen molar-refractivity contribution in [1.29, 1.82) is 0 Å². The van der Waals surface area contributed by atoms with Crippen LogP contribution in [-0.4, -0.2) is 40.5 Å². The van der Waals surface area contributed by atoms with Gasteiger partial charge in [0.15, 0.2) is 21.3 Å². The highest BCUT2D eigenvalue weighted by molar-refractivity contribution is 7.90.